The quantitative estimate of drug-likeness (QED) is 0.533. The summed E-state index contributed by atoms with van der Waals surface area (Å²) in [5, 5.41) is 10.2. The zero-order chi connectivity index (χ0) is 22.6. The summed E-state index contributed by atoms with van der Waals surface area (Å²) in [6, 6.07) is 12.8. The first-order valence-corrected chi connectivity index (χ1v) is 10.6. The summed E-state index contributed by atoms with van der Waals surface area (Å²) in [5.74, 6) is -1.65. The summed E-state index contributed by atoms with van der Waals surface area (Å²) < 4.78 is 32.0. The van der Waals surface area contributed by atoms with Crippen LogP contribution >= 0.6 is 11.8 Å². The number of ether oxygens (including phenoxy) is 1. The third-order valence-electron chi connectivity index (χ3n) is 4.70. The highest BCUT2D eigenvalue weighted by atomic mass is 32.2. The van der Waals surface area contributed by atoms with E-state index in [9.17, 15) is 18.7 Å². The van der Waals surface area contributed by atoms with Gasteiger partial charge < -0.3 is 9.84 Å². The Hall–Kier alpha value is -3.00. The molecule has 0 fully saturated rings. The molecule has 1 N–H and O–H groups in total. The molecule has 5 nitrogen and oxygen atoms in total. The van der Waals surface area contributed by atoms with Gasteiger partial charge in [0, 0.05) is 11.4 Å². The highest BCUT2D eigenvalue weighted by Gasteiger charge is 2.49. The molecule has 0 saturated heterocycles. The van der Waals surface area contributed by atoms with Crippen LogP contribution in [-0.4, -0.2) is 32.9 Å². The number of carboxylic acid groups (broad SMARTS) is 1. The van der Waals surface area contributed by atoms with E-state index in [4.69, 9.17) is 4.74 Å². The fourth-order valence-electron chi connectivity index (χ4n) is 3.49. The maximum atomic E-state index is 13.7. The van der Waals surface area contributed by atoms with Crippen LogP contribution in [0.1, 0.15) is 29.4 Å². The molecule has 162 valence electrons. The molecule has 1 aromatic heterocycles. The zero-order valence-corrected chi connectivity index (χ0v) is 18.1. The van der Waals surface area contributed by atoms with Crippen LogP contribution < -0.4 is 4.74 Å². The van der Waals surface area contributed by atoms with Gasteiger partial charge in [-0.3, -0.25) is 0 Å². The van der Waals surface area contributed by atoms with Gasteiger partial charge in [0.1, 0.15) is 16.4 Å². The van der Waals surface area contributed by atoms with Gasteiger partial charge >= 0.3 is 12.0 Å². The highest BCUT2D eigenvalue weighted by Crippen LogP contribution is 2.47. The van der Waals surface area contributed by atoms with Crippen molar-refractivity contribution in [2.45, 2.75) is 31.6 Å². The van der Waals surface area contributed by atoms with Gasteiger partial charge in [-0.05, 0) is 61.1 Å². The van der Waals surface area contributed by atoms with Gasteiger partial charge in [-0.2, -0.15) is 0 Å². The van der Waals surface area contributed by atoms with Crippen LogP contribution in [0.25, 0.3) is 0 Å². The summed E-state index contributed by atoms with van der Waals surface area (Å²) in [6.07, 6.45) is -1.48. The van der Waals surface area contributed by atoms with E-state index in [2.05, 4.69) is 9.97 Å². The first-order chi connectivity index (χ1) is 14.8. The second-order valence-corrected chi connectivity index (χ2v) is 8.46. The zero-order valence-electron chi connectivity index (χ0n) is 17.3. The van der Waals surface area contributed by atoms with E-state index in [1.807, 2.05) is 6.92 Å². The SMILES string of the molecule is CCSC(c1ccc(F)cc1)(c1ccc(F)cc1)C(Oc1nc(C)cc(C)n1)C(=O)O. The van der Waals surface area contributed by atoms with Crippen molar-refractivity contribution in [2.75, 3.05) is 5.75 Å². The molecule has 0 amide bonds. The first kappa shape index (κ1) is 22.7. The van der Waals surface area contributed by atoms with Crippen LogP contribution in [0, 0.1) is 25.5 Å². The van der Waals surface area contributed by atoms with Crippen LogP contribution in [0.2, 0.25) is 0 Å². The molecule has 0 radical (unpaired) electrons. The Morgan fingerprint density at radius 1 is 1.00 bits per heavy atom. The normalized spacial score (nSPS) is 12.4. The van der Waals surface area contributed by atoms with Crippen LogP contribution in [0.5, 0.6) is 6.01 Å². The van der Waals surface area contributed by atoms with Crippen molar-refractivity contribution in [3.63, 3.8) is 0 Å². The third-order valence-corrected chi connectivity index (χ3v) is 6.13. The molecule has 0 aliphatic carbocycles. The Balaban J connectivity index is 2.25. The Morgan fingerprint density at radius 3 is 1.84 bits per heavy atom. The van der Waals surface area contributed by atoms with Gasteiger partial charge in [-0.25, -0.2) is 23.5 Å². The molecule has 0 bridgehead atoms. The number of aliphatic carboxylic acids is 1. The Morgan fingerprint density at radius 2 is 1.45 bits per heavy atom. The lowest BCUT2D eigenvalue weighted by atomic mass is 9.85. The maximum absolute atomic E-state index is 13.7. The van der Waals surface area contributed by atoms with Crippen LogP contribution in [0.3, 0.4) is 0 Å². The minimum Gasteiger partial charge on any atom is -0.478 e. The van der Waals surface area contributed by atoms with Crippen LogP contribution in [0.15, 0.2) is 54.6 Å². The van der Waals surface area contributed by atoms with Gasteiger partial charge in [0.2, 0.25) is 6.10 Å². The van der Waals surface area contributed by atoms with E-state index in [0.717, 1.165) is 0 Å². The lowest BCUT2D eigenvalue weighted by molar-refractivity contribution is -0.146. The van der Waals surface area contributed by atoms with Gasteiger partial charge in [-0.1, -0.05) is 31.2 Å². The predicted octanol–water partition coefficient (Wildman–Crippen LogP) is 4.90. The van der Waals surface area contributed by atoms with Crippen LogP contribution in [-0.2, 0) is 9.54 Å². The number of hydrogen-bond donors (Lipinski definition) is 1. The molecular formula is C23H22F2N2O3S. The second kappa shape index (κ2) is 9.43. The van der Waals surface area contributed by atoms with Gasteiger partial charge in [0.15, 0.2) is 0 Å². The summed E-state index contributed by atoms with van der Waals surface area (Å²) in [6.45, 7) is 5.38. The standard InChI is InChI=1S/C23H22F2N2O3S/c1-4-31-23(16-5-9-18(24)10-6-16,17-7-11-19(25)12-8-17)20(21(28)29)30-22-26-14(2)13-15(3)27-22/h5-13,20H,4H2,1-3H3,(H,28,29). The molecular weight excluding hydrogens is 422 g/mol. The van der Waals surface area contributed by atoms with Crippen molar-refractivity contribution >= 4 is 17.7 Å². The van der Waals surface area contributed by atoms with Crippen molar-refractivity contribution in [2.24, 2.45) is 0 Å². The number of rotatable bonds is 8. The molecule has 8 heteroatoms. The molecule has 0 spiro atoms. The lowest BCUT2D eigenvalue weighted by Gasteiger charge is -2.38. The number of carboxylic acids is 1. The number of aryl methyl sites for hydroxylation is 2. The maximum Gasteiger partial charge on any atom is 0.347 e. The average molecular weight is 445 g/mol. The van der Waals surface area contributed by atoms with E-state index in [0.29, 0.717) is 28.3 Å². The first-order valence-electron chi connectivity index (χ1n) is 9.64. The summed E-state index contributed by atoms with van der Waals surface area (Å²) in [5.41, 5.74) is 2.26. The van der Waals surface area contributed by atoms with Gasteiger partial charge in [-0.15, -0.1) is 11.8 Å². The molecule has 3 rings (SSSR count). The molecule has 3 aromatic rings. The molecule has 1 heterocycles. The van der Waals surface area contributed by atoms with Gasteiger partial charge in [0.05, 0.1) is 0 Å². The average Bonchev–Trinajstić information content (AvgIpc) is 2.71. The Kier molecular flexibility index (Phi) is 6.90. The highest BCUT2D eigenvalue weighted by molar-refractivity contribution is 8.00. The molecule has 1 unspecified atom stereocenters. The third kappa shape index (κ3) is 4.85. The minimum atomic E-state index is -1.48. The number of nitrogens with zero attached hydrogens (tertiary/aromatic N) is 2. The van der Waals surface area contributed by atoms with E-state index < -0.39 is 28.5 Å². The fourth-order valence-corrected chi connectivity index (χ4v) is 4.85. The number of benzene rings is 2. The smallest absolute Gasteiger partial charge is 0.347 e. The number of thioether (sulfide) groups is 1. The van der Waals surface area contributed by atoms with Gasteiger partial charge in [0.25, 0.3) is 0 Å². The lowest BCUT2D eigenvalue weighted by Crippen LogP contribution is -2.47. The number of halogens is 2. The van der Waals surface area contributed by atoms with E-state index >= 15 is 0 Å². The van der Waals surface area contributed by atoms with E-state index in [1.54, 1.807) is 19.9 Å². The molecule has 0 aliphatic heterocycles. The van der Waals surface area contributed by atoms with Crippen molar-refractivity contribution in [3.05, 3.63) is 88.7 Å². The van der Waals surface area contributed by atoms with Crippen molar-refractivity contribution in [1.82, 2.24) is 9.97 Å². The number of aromatic nitrogens is 2. The summed E-state index contributed by atoms with van der Waals surface area (Å²) in [7, 11) is 0. The van der Waals surface area contributed by atoms with Crippen molar-refractivity contribution in [3.8, 4) is 6.01 Å². The number of carbonyl (C=O) groups is 1. The summed E-state index contributed by atoms with van der Waals surface area (Å²) >= 11 is 1.30. The van der Waals surface area contributed by atoms with Crippen molar-refractivity contribution < 1.29 is 23.4 Å². The second-order valence-electron chi connectivity index (χ2n) is 6.95. The fraction of sp³-hybridized carbons (Fsp3) is 0.261. The Labute approximate surface area is 183 Å². The molecule has 31 heavy (non-hydrogen) atoms. The molecule has 0 aliphatic rings. The van der Waals surface area contributed by atoms with E-state index in [1.165, 1.54) is 60.3 Å². The Bertz CT molecular complexity index is 994. The number of hydrogen-bond acceptors (Lipinski definition) is 5. The topological polar surface area (TPSA) is 72.3 Å². The van der Waals surface area contributed by atoms with Crippen LogP contribution in [0.4, 0.5) is 8.78 Å². The van der Waals surface area contributed by atoms with Crippen molar-refractivity contribution in [1.29, 1.82) is 0 Å². The monoisotopic (exact) mass is 444 g/mol. The molecule has 1 atom stereocenters. The van der Waals surface area contributed by atoms with E-state index in [-0.39, 0.29) is 6.01 Å². The minimum absolute atomic E-state index is 0.0739. The largest absolute Gasteiger partial charge is 0.478 e. The predicted molar refractivity (Wildman–Crippen MR) is 115 cm³/mol. The molecule has 0 saturated carbocycles. The molecule has 2 aromatic carbocycles. The summed E-state index contributed by atoms with van der Waals surface area (Å²) in [4.78, 5) is 21.0.